The van der Waals surface area contributed by atoms with Crippen LogP contribution in [0.3, 0.4) is 0 Å². The van der Waals surface area contributed by atoms with Gasteiger partial charge in [0.1, 0.15) is 0 Å². The van der Waals surface area contributed by atoms with Gasteiger partial charge in [0, 0.05) is 6.42 Å². The second kappa shape index (κ2) is 17.5. The molecule has 0 saturated heterocycles. The van der Waals surface area contributed by atoms with E-state index >= 15 is 0 Å². The lowest BCUT2D eigenvalue weighted by Gasteiger charge is -2.19. The highest BCUT2D eigenvalue weighted by molar-refractivity contribution is 5.66. The number of aliphatic hydroxyl groups is 1. The minimum Gasteiger partial charge on any atom is -0.481 e. The van der Waals surface area contributed by atoms with Crippen LogP contribution in [0.1, 0.15) is 102 Å². The number of ether oxygens (including phenoxy) is 1. The Morgan fingerprint density at radius 1 is 0.862 bits per heavy atom. The molecule has 0 radical (unpaired) electrons. The largest absolute Gasteiger partial charge is 0.481 e. The summed E-state index contributed by atoms with van der Waals surface area (Å²) in [7, 11) is 0. The van der Waals surface area contributed by atoms with Crippen LogP contribution in [0, 0.1) is 0 Å². The Hall–Kier alpha value is -1.39. The van der Waals surface area contributed by atoms with Gasteiger partial charge in [-0.3, -0.25) is 4.79 Å². The van der Waals surface area contributed by atoms with E-state index in [1.54, 1.807) is 0 Å². The fourth-order valence-electron chi connectivity index (χ4n) is 3.63. The molecule has 0 aromatic heterocycles. The maximum atomic E-state index is 10.6. The Morgan fingerprint density at radius 3 is 2.10 bits per heavy atom. The van der Waals surface area contributed by atoms with Crippen LogP contribution in [0.4, 0.5) is 0 Å². The lowest BCUT2D eigenvalue weighted by Crippen LogP contribution is -2.14. The number of aliphatic carboxylic acids is 1. The van der Waals surface area contributed by atoms with Crippen molar-refractivity contribution in [2.24, 2.45) is 0 Å². The summed E-state index contributed by atoms with van der Waals surface area (Å²) in [6, 6.07) is 10.3. The number of carbonyl (C=O) groups is 1. The molecule has 1 aromatic carbocycles. The molecule has 2 atom stereocenters. The predicted octanol–water partition coefficient (Wildman–Crippen LogP) is 6.50. The van der Waals surface area contributed by atoms with Gasteiger partial charge in [0.05, 0.1) is 18.8 Å². The first-order valence-electron chi connectivity index (χ1n) is 11.7. The Bertz CT molecular complexity index is 503. The molecule has 4 nitrogen and oxygen atoms in total. The van der Waals surface area contributed by atoms with Crippen LogP contribution in [0.25, 0.3) is 0 Å². The number of hydrogen-bond donors (Lipinski definition) is 2. The summed E-state index contributed by atoms with van der Waals surface area (Å²) in [6.45, 7) is 2.83. The SMILES string of the molecule is CCCCCC(O)CCCCC(CCCCCCC(=O)O)OCc1ccccc1. The van der Waals surface area contributed by atoms with Gasteiger partial charge in [-0.15, -0.1) is 0 Å². The normalized spacial score (nSPS) is 13.3. The molecule has 0 spiro atoms. The number of hydrogen-bond acceptors (Lipinski definition) is 3. The van der Waals surface area contributed by atoms with Gasteiger partial charge in [0.25, 0.3) is 0 Å². The van der Waals surface area contributed by atoms with Gasteiger partial charge in [-0.2, -0.15) is 0 Å². The molecule has 1 rings (SSSR count). The molecule has 0 aliphatic heterocycles. The lowest BCUT2D eigenvalue weighted by molar-refractivity contribution is -0.137. The van der Waals surface area contributed by atoms with Gasteiger partial charge in [0.2, 0.25) is 0 Å². The molecular weight excluding hydrogens is 364 g/mol. The highest BCUT2D eigenvalue weighted by Crippen LogP contribution is 2.18. The fourth-order valence-corrected chi connectivity index (χ4v) is 3.63. The first-order valence-corrected chi connectivity index (χ1v) is 11.7. The van der Waals surface area contributed by atoms with Crippen molar-refractivity contribution < 1.29 is 19.7 Å². The standard InChI is InChI=1S/C25H42O4/c1-2-3-7-16-23(26)17-12-13-19-24(18-10-4-5-11-20-25(27)28)29-21-22-14-8-6-9-15-22/h6,8-9,14-15,23-24,26H,2-5,7,10-13,16-21H2,1H3,(H,27,28). The molecule has 0 aliphatic carbocycles. The Kier molecular flexibility index (Phi) is 15.4. The van der Waals surface area contributed by atoms with Crippen molar-refractivity contribution >= 4 is 5.97 Å². The van der Waals surface area contributed by atoms with E-state index in [1.807, 2.05) is 18.2 Å². The van der Waals surface area contributed by atoms with Crippen LogP contribution >= 0.6 is 0 Å². The molecule has 2 N–H and O–H groups in total. The smallest absolute Gasteiger partial charge is 0.303 e. The van der Waals surface area contributed by atoms with Crippen molar-refractivity contribution in [1.29, 1.82) is 0 Å². The van der Waals surface area contributed by atoms with E-state index in [0.717, 1.165) is 70.6 Å². The van der Waals surface area contributed by atoms with Crippen LogP contribution < -0.4 is 0 Å². The summed E-state index contributed by atoms with van der Waals surface area (Å²) in [5.74, 6) is -0.703. The second-order valence-electron chi connectivity index (χ2n) is 8.20. The quantitative estimate of drug-likeness (QED) is 0.257. The van der Waals surface area contributed by atoms with Crippen molar-refractivity contribution in [2.45, 2.75) is 116 Å². The molecule has 4 heteroatoms. The maximum Gasteiger partial charge on any atom is 0.303 e. The summed E-state index contributed by atoms with van der Waals surface area (Å²) >= 11 is 0. The number of rotatable bonds is 19. The van der Waals surface area contributed by atoms with Gasteiger partial charge < -0.3 is 14.9 Å². The summed E-state index contributed by atoms with van der Waals surface area (Å²) in [6.07, 6.45) is 13.8. The third-order valence-corrected chi connectivity index (χ3v) is 5.45. The molecule has 166 valence electrons. The molecular formula is C25H42O4. The third-order valence-electron chi connectivity index (χ3n) is 5.45. The summed E-state index contributed by atoms with van der Waals surface area (Å²) in [4.78, 5) is 10.6. The van der Waals surface area contributed by atoms with Crippen LogP contribution in [0.15, 0.2) is 30.3 Å². The van der Waals surface area contributed by atoms with Crippen molar-refractivity contribution in [1.82, 2.24) is 0 Å². The van der Waals surface area contributed by atoms with E-state index in [-0.39, 0.29) is 18.6 Å². The van der Waals surface area contributed by atoms with Gasteiger partial charge in [-0.05, 0) is 37.7 Å². The monoisotopic (exact) mass is 406 g/mol. The predicted molar refractivity (Wildman–Crippen MR) is 119 cm³/mol. The molecule has 0 saturated carbocycles. The average molecular weight is 407 g/mol. The summed E-state index contributed by atoms with van der Waals surface area (Å²) in [5, 5.41) is 18.8. The minimum absolute atomic E-state index is 0.153. The van der Waals surface area contributed by atoms with Crippen LogP contribution in [0.5, 0.6) is 0 Å². The number of benzene rings is 1. The highest BCUT2D eigenvalue weighted by Gasteiger charge is 2.11. The first-order chi connectivity index (χ1) is 14.1. The molecule has 0 bridgehead atoms. The van der Waals surface area contributed by atoms with Crippen LogP contribution in [0.2, 0.25) is 0 Å². The number of unbranched alkanes of at least 4 members (excludes halogenated alkanes) is 6. The first kappa shape index (κ1) is 25.6. The van der Waals surface area contributed by atoms with E-state index < -0.39 is 5.97 Å². The Labute approximate surface area is 177 Å². The van der Waals surface area contributed by atoms with E-state index in [4.69, 9.17) is 9.84 Å². The highest BCUT2D eigenvalue weighted by atomic mass is 16.5. The molecule has 2 unspecified atom stereocenters. The van der Waals surface area contributed by atoms with Crippen molar-refractivity contribution in [2.75, 3.05) is 0 Å². The van der Waals surface area contributed by atoms with E-state index in [9.17, 15) is 9.90 Å². The number of carboxylic acids is 1. The van der Waals surface area contributed by atoms with Crippen LogP contribution in [-0.2, 0) is 16.1 Å². The zero-order valence-corrected chi connectivity index (χ0v) is 18.4. The van der Waals surface area contributed by atoms with Crippen molar-refractivity contribution in [3.8, 4) is 0 Å². The molecule has 0 heterocycles. The molecule has 1 aromatic rings. The van der Waals surface area contributed by atoms with E-state index in [1.165, 1.54) is 18.4 Å². The zero-order chi connectivity index (χ0) is 21.2. The Balaban J connectivity index is 2.26. The van der Waals surface area contributed by atoms with Gasteiger partial charge in [-0.25, -0.2) is 0 Å². The molecule has 0 fully saturated rings. The summed E-state index contributed by atoms with van der Waals surface area (Å²) in [5.41, 5.74) is 1.20. The van der Waals surface area contributed by atoms with E-state index in [2.05, 4.69) is 19.1 Å². The van der Waals surface area contributed by atoms with Crippen molar-refractivity contribution in [3.63, 3.8) is 0 Å². The molecule has 0 aliphatic rings. The minimum atomic E-state index is -0.703. The van der Waals surface area contributed by atoms with Crippen molar-refractivity contribution in [3.05, 3.63) is 35.9 Å². The van der Waals surface area contributed by atoms with Gasteiger partial charge in [0.15, 0.2) is 0 Å². The molecule has 29 heavy (non-hydrogen) atoms. The average Bonchev–Trinajstić information content (AvgIpc) is 2.72. The maximum absolute atomic E-state index is 10.6. The third kappa shape index (κ3) is 15.2. The van der Waals surface area contributed by atoms with E-state index in [0.29, 0.717) is 6.61 Å². The van der Waals surface area contributed by atoms with Gasteiger partial charge in [-0.1, -0.05) is 88.6 Å². The van der Waals surface area contributed by atoms with Crippen LogP contribution in [-0.4, -0.2) is 28.4 Å². The number of aliphatic hydroxyl groups excluding tert-OH is 1. The second-order valence-corrected chi connectivity index (χ2v) is 8.20. The number of carboxylic acid groups (broad SMARTS) is 1. The Morgan fingerprint density at radius 2 is 1.45 bits per heavy atom. The molecule has 0 amide bonds. The lowest BCUT2D eigenvalue weighted by atomic mass is 10.0. The topological polar surface area (TPSA) is 66.8 Å². The summed E-state index contributed by atoms with van der Waals surface area (Å²) < 4.78 is 6.20. The van der Waals surface area contributed by atoms with Gasteiger partial charge >= 0.3 is 5.97 Å². The fraction of sp³-hybridized carbons (Fsp3) is 0.720. The zero-order valence-electron chi connectivity index (χ0n) is 18.4.